The number of alkyl halides is 9. The van der Waals surface area contributed by atoms with E-state index in [1.54, 1.807) is 0 Å². The van der Waals surface area contributed by atoms with Gasteiger partial charge in [-0.3, -0.25) is 4.79 Å². The minimum atomic E-state index is -6.26. The highest BCUT2D eigenvalue weighted by Crippen LogP contribution is 2.45. The van der Waals surface area contributed by atoms with Crippen molar-refractivity contribution in [2.45, 2.75) is 43.6 Å². The molecule has 7 nitrogen and oxygen atoms in total. The fraction of sp³-hybridized carbons (Fsp3) is 0.391. The highest BCUT2D eigenvalue weighted by atomic mass is 19.4. The number of anilines is 1. The van der Waals surface area contributed by atoms with Gasteiger partial charge in [-0.05, 0) is 37.6 Å². The molecular weight excluding hydrogens is 555 g/mol. The smallest absolute Gasteiger partial charge is 0.439 e. The van der Waals surface area contributed by atoms with Gasteiger partial charge in [0.2, 0.25) is 0 Å². The number of methoxy groups -OCH3 is 1. The van der Waals surface area contributed by atoms with E-state index in [0.717, 1.165) is 29.7 Å². The van der Waals surface area contributed by atoms with Gasteiger partial charge in [0, 0.05) is 11.3 Å². The topological polar surface area (TPSA) is 96.9 Å². The highest BCUT2D eigenvalue weighted by molar-refractivity contribution is 5.97. The molecule has 0 fully saturated rings. The third kappa shape index (κ3) is 5.84. The molecule has 0 aromatic heterocycles. The van der Waals surface area contributed by atoms with Crippen molar-refractivity contribution in [3.05, 3.63) is 59.2 Å². The molecule has 0 bridgehead atoms. The number of aliphatic hydroxyl groups is 1. The molecule has 2 aromatic rings. The maximum absolute atomic E-state index is 14.1. The summed E-state index contributed by atoms with van der Waals surface area (Å²) in [7, 11) is 0.523. The lowest BCUT2D eigenvalue weighted by atomic mass is 9.91. The van der Waals surface area contributed by atoms with Gasteiger partial charge in [-0.15, -0.1) is 0 Å². The van der Waals surface area contributed by atoms with Crippen LogP contribution in [0.3, 0.4) is 0 Å². The van der Waals surface area contributed by atoms with Gasteiger partial charge in [0.15, 0.2) is 0 Å². The number of halogens is 9. The number of hydrogen-bond donors (Lipinski definition) is 3. The van der Waals surface area contributed by atoms with Crippen LogP contribution in [0.25, 0.3) is 0 Å². The predicted molar refractivity (Wildman–Crippen MR) is 117 cm³/mol. The molecule has 3 N–H and O–H groups in total. The van der Waals surface area contributed by atoms with Crippen LogP contribution >= 0.6 is 0 Å². The van der Waals surface area contributed by atoms with Crippen molar-refractivity contribution >= 4 is 17.6 Å². The Hall–Kier alpha value is -3.69. The fourth-order valence-corrected chi connectivity index (χ4v) is 3.42. The first-order chi connectivity index (χ1) is 17.8. The Kier molecular flexibility index (Phi) is 8.75. The van der Waals surface area contributed by atoms with Crippen LogP contribution in [0.15, 0.2) is 42.5 Å². The van der Waals surface area contributed by atoms with E-state index >= 15 is 0 Å². The third-order valence-corrected chi connectivity index (χ3v) is 5.44. The number of nitrogens with one attached hydrogen (secondary N) is 2. The maximum atomic E-state index is 14.1. The van der Waals surface area contributed by atoms with Crippen molar-refractivity contribution < 1.29 is 63.7 Å². The zero-order valence-corrected chi connectivity index (χ0v) is 20.2. The summed E-state index contributed by atoms with van der Waals surface area (Å²) < 4.78 is 134. The van der Waals surface area contributed by atoms with Crippen molar-refractivity contribution in [3.63, 3.8) is 0 Å². The van der Waals surface area contributed by atoms with Crippen LogP contribution in [0.2, 0.25) is 0 Å². The van der Waals surface area contributed by atoms with E-state index < -0.39 is 64.0 Å². The standard InChI is InChI=1S/C23H21F9N2O5/c1-4-39-16-8-6-5-7-14(16)17(35)34-20(22(27,28)29,23(30,31)32)33-15-10-9-13(11-12(15)2)19(37,18(36)38-3)21(24,25)26/h5-11,33,37H,4H2,1-3H3,(H,34,35)/t19-/m1/s1. The minimum Gasteiger partial charge on any atom is -0.493 e. The van der Waals surface area contributed by atoms with Gasteiger partial charge < -0.3 is 25.2 Å². The van der Waals surface area contributed by atoms with Gasteiger partial charge in [-0.25, -0.2) is 4.79 Å². The van der Waals surface area contributed by atoms with Crippen LogP contribution in [0.4, 0.5) is 45.2 Å². The van der Waals surface area contributed by atoms with E-state index in [4.69, 9.17) is 4.74 Å². The van der Waals surface area contributed by atoms with Crippen LogP contribution in [0, 0.1) is 6.92 Å². The number of hydrogen-bond acceptors (Lipinski definition) is 6. The van der Waals surface area contributed by atoms with Crippen LogP contribution in [0.5, 0.6) is 5.75 Å². The molecule has 2 aromatic carbocycles. The van der Waals surface area contributed by atoms with Crippen molar-refractivity contribution in [2.75, 3.05) is 19.0 Å². The molecule has 0 aliphatic carbocycles. The number of rotatable bonds is 8. The first-order valence-corrected chi connectivity index (χ1v) is 10.7. The molecule has 216 valence electrons. The van der Waals surface area contributed by atoms with Crippen molar-refractivity contribution in [1.82, 2.24) is 5.32 Å². The number of aryl methyl sites for hydroxylation is 1. The Labute approximate surface area is 214 Å². The lowest BCUT2D eigenvalue weighted by Crippen LogP contribution is -2.72. The molecular formula is C23H21F9N2O5. The Morgan fingerprint density at radius 1 is 0.897 bits per heavy atom. The highest BCUT2D eigenvalue weighted by Gasteiger charge is 2.73. The summed E-state index contributed by atoms with van der Waals surface area (Å²) in [5.41, 5.74) is -13.1. The number of ether oxygens (including phenoxy) is 2. The van der Waals surface area contributed by atoms with E-state index in [-0.39, 0.29) is 18.4 Å². The minimum absolute atomic E-state index is 0.0758. The molecule has 0 aliphatic heterocycles. The summed E-state index contributed by atoms with van der Waals surface area (Å²) >= 11 is 0. The van der Waals surface area contributed by atoms with Gasteiger partial charge in [0.25, 0.3) is 11.5 Å². The van der Waals surface area contributed by atoms with Gasteiger partial charge >= 0.3 is 30.2 Å². The van der Waals surface area contributed by atoms with E-state index in [0.29, 0.717) is 19.2 Å². The van der Waals surface area contributed by atoms with Gasteiger partial charge in [0.1, 0.15) is 5.75 Å². The van der Waals surface area contributed by atoms with Gasteiger partial charge in [-0.2, -0.15) is 39.5 Å². The molecule has 1 atom stereocenters. The normalized spacial score (nSPS) is 14.3. The quantitative estimate of drug-likeness (QED) is 0.233. The lowest BCUT2D eigenvalue weighted by Gasteiger charge is -2.39. The van der Waals surface area contributed by atoms with Crippen LogP contribution < -0.4 is 15.4 Å². The summed E-state index contributed by atoms with van der Waals surface area (Å²) in [6, 6.07) is 5.52. The van der Waals surface area contributed by atoms with E-state index in [2.05, 4.69) is 4.74 Å². The second-order valence-corrected chi connectivity index (χ2v) is 7.98. The van der Waals surface area contributed by atoms with Crippen molar-refractivity contribution in [3.8, 4) is 5.75 Å². The second kappa shape index (κ2) is 10.8. The second-order valence-electron chi connectivity index (χ2n) is 7.98. The van der Waals surface area contributed by atoms with Crippen LogP contribution in [-0.4, -0.2) is 54.9 Å². The number of amides is 1. The Morgan fingerprint density at radius 3 is 1.92 bits per heavy atom. The first kappa shape index (κ1) is 31.5. The monoisotopic (exact) mass is 576 g/mol. The first-order valence-electron chi connectivity index (χ1n) is 10.7. The average molecular weight is 576 g/mol. The van der Waals surface area contributed by atoms with Crippen molar-refractivity contribution in [1.29, 1.82) is 0 Å². The molecule has 0 aliphatic rings. The molecule has 1 amide bonds. The maximum Gasteiger partial charge on any atom is 0.439 e. The number of carbonyl (C=O) groups is 2. The SMILES string of the molecule is CCOc1ccccc1C(=O)NC(Nc1ccc([C@@](O)(C(=O)OC)C(F)(F)F)cc1C)(C(F)(F)F)C(F)(F)F. The van der Waals surface area contributed by atoms with Crippen molar-refractivity contribution in [2.24, 2.45) is 0 Å². The molecule has 0 heterocycles. The van der Waals surface area contributed by atoms with Gasteiger partial charge in [0.05, 0.1) is 19.3 Å². The molecule has 0 unspecified atom stereocenters. The molecule has 0 radical (unpaired) electrons. The molecule has 0 saturated carbocycles. The molecule has 16 heteroatoms. The molecule has 0 spiro atoms. The Bertz CT molecular complexity index is 1200. The number of benzene rings is 2. The summed E-state index contributed by atoms with van der Waals surface area (Å²) in [4.78, 5) is 24.4. The van der Waals surface area contributed by atoms with E-state index in [9.17, 15) is 54.2 Å². The zero-order chi connectivity index (χ0) is 30.0. The summed E-state index contributed by atoms with van der Waals surface area (Å²) in [6.07, 6.45) is -18.2. The molecule has 2 rings (SSSR count). The molecule has 0 saturated heterocycles. The van der Waals surface area contributed by atoms with Gasteiger partial charge in [-0.1, -0.05) is 24.3 Å². The number of para-hydroxylation sites is 1. The number of esters is 1. The average Bonchev–Trinajstić information content (AvgIpc) is 2.81. The van der Waals surface area contributed by atoms with E-state index in [1.807, 2.05) is 0 Å². The largest absolute Gasteiger partial charge is 0.493 e. The lowest BCUT2D eigenvalue weighted by molar-refractivity contribution is -0.294. The fourth-order valence-electron chi connectivity index (χ4n) is 3.42. The van der Waals surface area contributed by atoms with Crippen LogP contribution in [0.1, 0.15) is 28.4 Å². The van der Waals surface area contributed by atoms with E-state index in [1.165, 1.54) is 19.1 Å². The summed E-state index contributed by atoms with van der Waals surface area (Å²) in [6.45, 7) is 2.19. The zero-order valence-electron chi connectivity index (χ0n) is 20.2. The summed E-state index contributed by atoms with van der Waals surface area (Å²) in [5, 5.41) is 12.1. The molecule has 39 heavy (non-hydrogen) atoms. The Morgan fingerprint density at radius 2 is 1.46 bits per heavy atom. The summed E-state index contributed by atoms with van der Waals surface area (Å²) in [5.74, 6) is -4.35. The Balaban J connectivity index is 2.66. The predicted octanol–water partition coefficient (Wildman–Crippen LogP) is 4.98. The van der Waals surface area contributed by atoms with Crippen LogP contribution in [-0.2, 0) is 15.1 Å². The third-order valence-electron chi connectivity index (χ3n) is 5.44. The number of carbonyl (C=O) groups excluding carboxylic acids is 2.